The number of esters is 1. The van der Waals surface area contributed by atoms with Gasteiger partial charge in [-0.1, -0.05) is 44.2 Å². The van der Waals surface area contributed by atoms with Crippen LogP contribution in [0.15, 0.2) is 30.6 Å². The molecule has 1 aliphatic rings. The molecule has 1 aromatic heterocycles. The number of ether oxygens (including phenoxy) is 1. The molecule has 0 atom stereocenters. The number of tetrazole rings is 1. The van der Waals surface area contributed by atoms with Crippen LogP contribution in [0.2, 0.25) is 0 Å². The fraction of sp³-hybridized carbons (Fsp3) is 0.500. The first-order valence-electron chi connectivity index (χ1n) is 9.03. The second kappa shape index (κ2) is 9.07. The number of aromatic nitrogens is 4. The summed E-state index contributed by atoms with van der Waals surface area (Å²) in [5.41, 5.74) is 0.807. The molecule has 0 spiro atoms. The van der Waals surface area contributed by atoms with E-state index in [2.05, 4.69) is 20.8 Å². The van der Waals surface area contributed by atoms with Crippen LogP contribution in [0.3, 0.4) is 0 Å². The maximum Gasteiger partial charge on any atom is 0.340 e. The van der Waals surface area contributed by atoms with Crippen molar-refractivity contribution in [3.8, 4) is 5.69 Å². The van der Waals surface area contributed by atoms with Crippen molar-refractivity contribution in [3.05, 3.63) is 36.2 Å². The highest BCUT2D eigenvalue weighted by atomic mass is 16.5. The molecule has 0 bridgehead atoms. The van der Waals surface area contributed by atoms with Gasteiger partial charge in [0.15, 0.2) is 6.61 Å². The number of nitrogens with zero attached hydrogens (tertiary/aromatic N) is 4. The molecule has 1 heterocycles. The van der Waals surface area contributed by atoms with Gasteiger partial charge in [-0.15, -0.1) is 5.10 Å². The Hall–Kier alpha value is -2.77. The molecule has 1 aliphatic carbocycles. The minimum absolute atomic E-state index is 0.176. The van der Waals surface area contributed by atoms with Crippen LogP contribution in [0.25, 0.3) is 5.69 Å². The van der Waals surface area contributed by atoms with Gasteiger partial charge in [-0.2, -0.15) is 4.68 Å². The quantitative estimate of drug-likeness (QED) is 0.822. The van der Waals surface area contributed by atoms with Crippen LogP contribution < -0.4 is 5.32 Å². The van der Waals surface area contributed by atoms with Crippen molar-refractivity contribution in [3.63, 3.8) is 0 Å². The highest BCUT2D eigenvalue weighted by molar-refractivity contribution is 5.94. The lowest BCUT2D eigenvalue weighted by molar-refractivity contribution is -0.125. The summed E-state index contributed by atoms with van der Waals surface area (Å²) in [6.45, 7) is -0.292. The molecule has 0 unspecified atom stereocenters. The first-order valence-corrected chi connectivity index (χ1v) is 9.03. The molecular formula is C18H23N5O3. The summed E-state index contributed by atoms with van der Waals surface area (Å²) in [5.74, 6) is -0.840. The van der Waals surface area contributed by atoms with E-state index in [4.69, 9.17) is 4.74 Å². The van der Waals surface area contributed by atoms with Crippen molar-refractivity contribution in [2.24, 2.45) is 0 Å². The Balaban J connectivity index is 1.55. The molecule has 3 rings (SSSR count). The van der Waals surface area contributed by atoms with Gasteiger partial charge in [0.1, 0.15) is 6.33 Å². The Morgan fingerprint density at radius 3 is 2.58 bits per heavy atom. The first-order chi connectivity index (χ1) is 12.7. The van der Waals surface area contributed by atoms with Gasteiger partial charge in [-0.3, -0.25) is 4.79 Å². The lowest BCUT2D eigenvalue weighted by atomic mass is 9.97. The van der Waals surface area contributed by atoms with Gasteiger partial charge < -0.3 is 10.1 Å². The Morgan fingerprint density at radius 1 is 1.12 bits per heavy atom. The molecule has 26 heavy (non-hydrogen) atoms. The third-order valence-corrected chi connectivity index (χ3v) is 4.52. The largest absolute Gasteiger partial charge is 0.452 e. The maximum absolute atomic E-state index is 12.4. The van der Waals surface area contributed by atoms with Gasteiger partial charge in [0.2, 0.25) is 0 Å². The summed E-state index contributed by atoms with van der Waals surface area (Å²) in [4.78, 5) is 24.5. The van der Waals surface area contributed by atoms with Gasteiger partial charge in [0.05, 0.1) is 11.3 Å². The predicted octanol–water partition coefficient (Wildman–Crippen LogP) is 2.05. The van der Waals surface area contributed by atoms with Gasteiger partial charge in [-0.25, -0.2) is 4.79 Å². The number of amides is 1. The second-order valence-corrected chi connectivity index (χ2v) is 6.46. The molecule has 2 aromatic rings. The van der Waals surface area contributed by atoms with Crippen molar-refractivity contribution >= 4 is 11.9 Å². The standard InChI is InChI=1S/C18H23N5O3/c24-17(20-14-8-4-2-1-3-5-9-14)12-26-18(25)15-10-6-7-11-16(15)23-13-19-21-22-23/h6-7,10-11,13-14H,1-5,8-9,12H2,(H,20,24). The Labute approximate surface area is 151 Å². The molecular weight excluding hydrogens is 334 g/mol. The molecule has 1 amide bonds. The van der Waals surface area contributed by atoms with Crippen LogP contribution in [0, 0.1) is 0 Å². The lowest BCUT2D eigenvalue weighted by Gasteiger charge is -2.21. The fourth-order valence-corrected chi connectivity index (χ4v) is 3.20. The molecule has 1 saturated carbocycles. The zero-order valence-electron chi connectivity index (χ0n) is 14.6. The van der Waals surface area contributed by atoms with E-state index in [9.17, 15) is 9.59 Å². The van der Waals surface area contributed by atoms with Crippen molar-refractivity contribution in [2.75, 3.05) is 6.61 Å². The monoisotopic (exact) mass is 357 g/mol. The second-order valence-electron chi connectivity index (χ2n) is 6.46. The molecule has 1 aromatic carbocycles. The van der Waals surface area contributed by atoms with Crippen molar-refractivity contribution in [1.82, 2.24) is 25.5 Å². The predicted molar refractivity (Wildman–Crippen MR) is 93.7 cm³/mol. The van der Waals surface area contributed by atoms with Crippen molar-refractivity contribution < 1.29 is 14.3 Å². The summed E-state index contributed by atoms with van der Waals surface area (Å²) in [6, 6.07) is 7.00. The first kappa shape index (κ1) is 18.0. The summed E-state index contributed by atoms with van der Waals surface area (Å²) in [7, 11) is 0. The Kier molecular flexibility index (Phi) is 6.29. The average molecular weight is 357 g/mol. The van der Waals surface area contributed by atoms with E-state index >= 15 is 0 Å². The molecule has 1 N–H and O–H groups in total. The van der Waals surface area contributed by atoms with Gasteiger partial charge in [-0.05, 0) is 35.4 Å². The topological polar surface area (TPSA) is 99.0 Å². The molecule has 138 valence electrons. The SMILES string of the molecule is O=C(COC(=O)c1ccccc1-n1cnnn1)NC1CCCCCCC1. The molecule has 0 radical (unpaired) electrons. The van der Waals surface area contributed by atoms with Crippen LogP contribution in [0.1, 0.15) is 55.3 Å². The Bertz CT molecular complexity index is 724. The number of rotatable bonds is 5. The highest BCUT2D eigenvalue weighted by Gasteiger charge is 2.18. The third-order valence-electron chi connectivity index (χ3n) is 4.52. The van der Waals surface area contributed by atoms with E-state index in [0.717, 1.165) is 25.7 Å². The van der Waals surface area contributed by atoms with E-state index in [-0.39, 0.29) is 18.6 Å². The van der Waals surface area contributed by atoms with Gasteiger partial charge >= 0.3 is 5.97 Å². The van der Waals surface area contributed by atoms with E-state index in [1.165, 1.54) is 30.3 Å². The third kappa shape index (κ3) is 4.87. The normalized spacial score (nSPS) is 15.7. The van der Waals surface area contributed by atoms with Crippen molar-refractivity contribution in [2.45, 2.75) is 51.0 Å². The highest BCUT2D eigenvalue weighted by Crippen LogP contribution is 2.17. The molecule has 0 aliphatic heterocycles. The van der Waals surface area contributed by atoms with E-state index < -0.39 is 5.97 Å². The number of para-hydroxylation sites is 1. The molecule has 1 fully saturated rings. The summed E-state index contributed by atoms with van der Waals surface area (Å²) >= 11 is 0. The van der Waals surface area contributed by atoms with Gasteiger partial charge in [0.25, 0.3) is 5.91 Å². The fourth-order valence-electron chi connectivity index (χ4n) is 3.20. The van der Waals surface area contributed by atoms with E-state index in [1.807, 2.05) is 0 Å². The Morgan fingerprint density at radius 2 is 1.85 bits per heavy atom. The summed E-state index contributed by atoms with van der Waals surface area (Å²) in [5, 5.41) is 13.9. The summed E-state index contributed by atoms with van der Waals surface area (Å²) in [6.07, 6.45) is 9.34. The van der Waals surface area contributed by atoms with Crippen LogP contribution in [-0.2, 0) is 9.53 Å². The zero-order chi connectivity index (χ0) is 18.2. The average Bonchev–Trinajstić information content (AvgIpc) is 3.16. The molecule has 0 saturated heterocycles. The number of hydrogen-bond acceptors (Lipinski definition) is 6. The number of hydrogen-bond donors (Lipinski definition) is 1. The van der Waals surface area contributed by atoms with Crippen LogP contribution in [0.5, 0.6) is 0 Å². The van der Waals surface area contributed by atoms with Gasteiger partial charge in [0, 0.05) is 6.04 Å². The smallest absolute Gasteiger partial charge is 0.340 e. The van der Waals surface area contributed by atoms with Crippen LogP contribution in [-0.4, -0.2) is 44.7 Å². The minimum atomic E-state index is -0.580. The maximum atomic E-state index is 12.4. The minimum Gasteiger partial charge on any atom is -0.452 e. The molecule has 8 heteroatoms. The van der Waals surface area contributed by atoms with E-state index in [0.29, 0.717) is 11.3 Å². The van der Waals surface area contributed by atoms with Crippen LogP contribution >= 0.6 is 0 Å². The number of benzene rings is 1. The number of carbonyl (C=O) groups is 2. The zero-order valence-corrected chi connectivity index (χ0v) is 14.6. The number of carbonyl (C=O) groups excluding carboxylic acids is 2. The lowest BCUT2D eigenvalue weighted by Crippen LogP contribution is -2.38. The molecule has 8 nitrogen and oxygen atoms in total. The van der Waals surface area contributed by atoms with Crippen LogP contribution in [0.4, 0.5) is 0 Å². The van der Waals surface area contributed by atoms with Crippen molar-refractivity contribution in [1.29, 1.82) is 0 Å². The van der Waals surface area contributed by atoms with E-state index in [1.54, 1.807) is 24.3 Å². The number of nitrogens with one attached hydrogen (secondary N) is 1. The summed E-state index contributed by atoms with van der Waals surface area (Å²) < 4.78 is 6.57.